The van der Waals surface area contributed by atoms with Crippen molar-refractivity contribution in [3.63, 3.8) is 0 Å². The van der Waals surface area contributed by atoms with Gasteiger partial charge in [-0.05, 0) is 15.9 Å². The smallest absolute Gasteiger partial charge is 0 e. The molecule has 0 aliphatic heterocycles. The molecule has 1 aromatic rings. The van der Waals surface area contributed by atoms with Crippen molar-refractivity contribution < 1.29 is 32.7 Å². The van der Waals surface area contributed by atoms with Crippen molar-refractivity contribution >= 4 is 15.9 Å². The Hall–Kier alpha value is 0.364. The summed E-state index contributed by atoms with van der Waals surface area (Å²) in [4.78, 5) is 2.62. The van der Waals surface area contributed by atoms with Crippen LogP contribution in [0.15, 0.2) is 24.3 Å². The molecule has 1 radical (unpaired) electrons. The van der Waals surface area contributed by atoms with Crippen LogP contribution >= 0.6 is 15.9 Å². The minimum Gasteiger partial charge on any atom is -0.179 e. The van der Waals surface area contributed by atoms with Crippen molar-refractivity contribution in [2.24, 2.45) is 0 Å². The molecular weight excluding hydrogens is 265 g/mol. The molecule has 0 fully saturated rings. The Morgan fingerprint density at radius 2 is 2.20 bits per heavy atom. The van der Waals surface area contributed by atoms with E-state index in [1.165, 1.54) is 0 Å². The molecule has 0 heterocycles. The van der Waals surface area contributed by atoms with Crippen LogP contribution in [0.2, 0.25) is 0 Å². The topological polar surface area (TPSA) is 0 Å². The molecule has 0 N–H and O–H groups in total. The van der Waals surface area contributed by atoms with E-state index in [4.69, 9.17) is 0 Å². The standard InChI is InChI=1S/C8H4Br.Y/c9-7-6-8-4-2-1-3-5-8;/h1-4H;/q-1;. The summed E-state index contributed by atoms with van der Waals surface area (Å²) in [6, 6.07) is 10.6. The van der Waals surface area contributed by atoms with Crippen LogP contribution in [0, 0.1) is 16.8 Å². The van der Waals surface area contributed by atoms with E-state index in [2.05, 4.69) is 32.7 Å². The number of halogens is 1. The predicted octanol–water partition coefficient (Wildman–Crippen LogP) is 2.19. The first-order valence-electron chi connectivity index (χ1n) is 2.52. The Morgan fingerprint density at radius 3 is 2.70 bits per heavy atom. The average molecular weight is 269 g/mol. The fourth-order valence-corrected chi connectivity index (χ4v) is 0.736. The van der Waals surface area contributed by atoms with Gasteiger partial charge in [-0.15, -0.1) is 35.9 Å². The molecule has 0 aliphatic rings. The summed E-state index contributed by atoms with van der Waals surface area (Å²) in [5.74, 6) is 2.82. The molecule has 0 bridgehead atoms. The molecule has 0 unspecified atom stereocenters. The van der Waals surface area contributed by atoms with Crippen LogP contribution in [0.4, 0.5) is 0 Å². The Labute approximate surface area is 94.4 Å². The largest absolute Gasteiger partial charge is 0.179 e. The Kier molecular flexibility index (Phi) is 6.32. The van der Waals surface area contributed by atoms with Gasteiger partial charge in [-0.25, -0.2) is 0 Å². The minimum absolute atomic E-state index is 0. The zero-order chi connectivity index (χ0) is 6.53. The maximum atomic E-state index is 3.00. The van der Waals surface area contributed by atoms with Gasteiger partial charge in [-0.1, -0.05) is 4.83 Å². The second kappa shape index (κ2) is 6.10. The van der Waals surface area contributed by atoms with Crippen LogP contribution in [-0.4, -0.2) is 0 Å². The van der Waals surface area contributed by atoms with Gasteiger partial charge in [0.1, 0.15) is 0 Å². The summed E-state index contributed by atoms with van der Waals surface area (Å²) in [6.07, 6.45) is 0. The Morgan fingerprint density at radius 1 is 1.40 bits per heavy atom. The number of hydrogen-bond acceptors (Lipinski definition) is 0. The third kappa shape index (κ3) is 3.51. The minimum atomic E-state index is 0. The fourth-order valence-electron chi connectivity index (χ4n) is 0.522. The summed E-state index contributed by atoms with van der Waals surface area (Å²) >= 11 is 3.00. The third-order valence-electron chi connectivity index (χ3n) is 0.891. The molecular formula is C8H4BrY-. The molecule has 1 aromatic carbocycles. The second-order valence-corrected chi connectivity index (χ2v) is 1.89. The Balaban J connectivity index is 0.000000810. The maximum absolute atomic E-state index is 3.00. The van der Waals surface area contributed by atoms with Gasteiger partial charge in [0.05, 0.1) is 0 Å². The van der Waals surface area contributed by atoms with Crippen molar-refractivity contribution in [2.75, 3.05) is 0 Å². The number of benzene rings is 1. The quantitative estimate of drug-likeness (QED) is 0.500. The van der Waals surface area contributed by atoms with Gasteiger partial charge in [0.2, 0.25) is 0 Å². The van der Waals surface area contributed by atoms with Crippen molar-refractivity contribution in [3.8, 4) is 10.8 Å². The van der Waals surface area contributed by atoms with Gasteiger partial charge in [0.25, 0.3) is 0 Å². The van der Waals surface area contributed by atoms with Crippen LogP contribution < -0.4 is 0 Å². The van der Waals surface area contributed by atoms with E-state index in [1.54, 1.807) is 0 Å². The molecule has 0 spiro atoms. The van der Waals surface area contributed by atoms with E-state index in [-0.39, 0.29) is 32.7 Å². The first-order valence-corrected chi connectivity index (χ1v) is 3.31. The van der Waals surface area contributed by atoms with Gasteiger partial charge >= 0.3 is 0 Å². The van der Waals surface area contributed by atoms with Crippen LogP contribution in [0.5, 0.6) is 0 Å². The SMILES string of the molecule is BrC#Cc1[c-]cccc1.[Y]. The van der Waals surface area contributed by atoms with E-state index < -0.39 is 0 Å². The van der Waals surface area contributed by atoms with Crippen LogP contribution in [0.1, 0.15) is 5.56 Å². The monoisotopic (exact) mass is 268 g/mol. The van der Waals surface area contributed by atoms with Gasteiger partial charge in [-0.2, -0.15) is 5.92 Å². The van der Waals surface area contributed by atoms with Crippen molar-refractivity contribution in [2.45, 2.75) is 0 Å². The van der Waals surface area contributed by atoms with E-state index in [0.29, 0.717) is 0 Å². The molecule has 2 heteroatoms. The first kappa shape index (κ1) is 10.4. The predicted molar refractivity (Wildman–Crippen MR) is 41.1 cm³/mol. The molecule has 0 aromatic heterocycles. The van der Waals surface area contributed by atoms with Gasteiger partial charge in [0, 0.05) is 32.7 Å². The summed E-state index contributed by atoms with van der Waals surface area (Å²) in [5.41, 5.74) is 0.911. The van der Waals surface area contributed by atoms with Gasteiger partial charge in [0.15, 0.2) is 0 Å². The molecule has 1 rings (SSSR count). The molecule has 0 atom stereocenters. The molecule has 0 nitrogen and oxygen atoms in total. The zero-order valence-electron chi connectivity index (χ0n) is 5.26. The maximum Gasteiger partial charge on any atom is 0 e. The van der Waals surface area contributed by atoms with Gasteiger partial charge in [-0.3, -0.25) is 0 Å². The van der Waals surface area contributed by atoms with E-state index >= 15 is 0 Å². The van der Waals surface area contributed by atoms with Crippen LogP contribution in [-0.2, 0) is 32.7 Å². The van der Waals surface area contributed by atoms with E-state index in [1.807, 2.05) is 24.3 Å². The van der Waals surface area contributed by atoms with E-state index in [9.17, 15) is 0 Å². The van der Waals surface area contributed by atoms with Crippen LogP contribution in [0.25, 0.3) is 0 Å². The summed E-state index contributed by atoms with van der Waals surface area (Å²) in [5, 5.41) is 0. The zero-order valence-corrected chi connectivity index (χ0v) is 9.69. The first-order chi connectivity index (χ1) is 4.43. The molecule has 10 heavy (non-hydrogen) atoms. The van der Waals surface area contributed by atoms with Crippen LogP contribution in [0.3, 0.4) is 0 Å². The molecule has 0 saturated heterocycles. The summed E-state index contributed by atoms with van der Waals surface area (Å²) < 4.78 is 0. The molecule has 0 amide bonds. The van der Waals surface area contributed by atoms with Crippen molar-refractivity contribution in [1.29, 1.82) is 0 Å². The Bertz CT molecular complexity index is 232. The van der Waals surface area contributed by atoms with Crippen molar-refractivity contribution in [1.82, 2.24) is 0 Å². The summed E-state index contributed by atoms with van der Waals surface area (Å²) in [7, 11) is 0. The number of hydrogen-bond donors (Lipinski definition) is 0. The molecule has 47 valence electrons. The number of rotatable bonds is 0. The summed E-state index contributed by atoms with van der Waals surface area (Å²) in [6.45, 7) is 0. The van der Waals surface area contributed by atoms with Gasteiger partial charge < -0.3 is 0 Å². The molecule has 0 aliphatic carbocycles. The van der Waals surface area contributed by atoms with E-state index in [0.717, 1.165) is 5.56 Å². The molecule has 0 saturated carbocycles. The second-order valence-electron chi connectivity index (χ2n) is 1.50. The average Bonchev–Trinajstić information content (AvgIpc) is 1.91. The third-order valence-corrected chi connectivity index (χ3v) is 1.09. The van der Waals surface area contributed by atoms with Crippen molar-refractivity contribution in [3.05, 3.63) is 35.9 Å². The normalized spacial score (nSPS) is 6.90. The fraction of sp³-hybridized carbons (Fsp3) is 0.